The van der Waals surface area contributed by atoms with Gasteiger partial charge in [-0.1, -0.05) is 24.0 Å². The molecule has 0 amide bonds. The van der Waals surface area contributed by atoms with E-state index in [1.165, 1.54) is 5.56 Å². The molecule has 0 radical (unpaired) electrons. The maximum Gasteiger partial charge on any atom is 0.469 e. The number of benzene rings is 1. The minimum Gasteiger partial charge on any atom is -0.497 e. The third-order valence-corrected chi connectivity index (χ3v) is 5.81. The Morgan fingerprint density at radius 3 is 2.76 bits per heavy atom. The van der Waals surface area contributed by atoms with Crippen molar-refractivity contribution in [3.05, 3.63) is 51.7 Å². The first-order chi connectivity index (χ1) is 13.7. The van der Waals surface area contributed by atoms with Gasteiger partial charge in [0.25, 0.3) is 0 Å². The molecule has 1 aromatic heterocycles. The zero-order valence-electron chi connectivity index (χ0n) is 16.8. The number of hydrogen-bond donors (Lipinski definition) is 3. The summed E-state index contributed by atoms with van der Waals surface area (Å²) in [5.41, 5.74) is 6.50. The highest BCUT2D eigenvalue weighted by molar-refractivity contribution is 7.46. The first-order valence-electron chi connectivity index (χ1n) is 9.36. The van der Waals surface area contributed by atoms with Crippen molar-refractivity contribution in [1.82, 2.24) is 0 Å². The Bertz CT molecular complexity index is 894. The topological polar surface area (TPSA) is 102 Å². The number of ether oxygens (including phenoxy) is 1. The molecule has 0 spiro atoms. The van der Waals surface area contributed by atoms with Gasteiger partial charge < -0.3 is 20.3 Å². The highest BCUT2D eigenvalue weighted by Gasteiger charge is 2.24. The van der Waals surface area contributed by atoms with Crippen LogP contribution in [0.4, 0.5) is 0 Å². The second kappa shape index (κ2) is 10.9. The molecule has 0 saturated carbocycles. The molecule has 6 nitrogen and oxygen atoms in total. The van der Waals surface area contributed by atoms with Gasteiger partial charge in [-0.25, -0.2) is 4.57 Å². The molecule has 0 aliphatic carbocycles. The molecule has 29 heavy (non-hydrogen) atoms. The average Bonchev–Trinajstić information content (AvgIpc) is 3.12. The Labute approximate surface area is 176 Å². The quantitative estimate of drug-likeness (QED) is 0.296. The summed E-state index contributed by atoms with van der Waals surface area (Å²) in [7, 11) is -2.83. The maximum absolute atomic E-state index is 10.8. The number of aryl methyl sites for hydroxylation is 2. The monoisotopic (exact) mass is 437 g/mol. The van der Waals surface area contributed by atoms with E-state index in [4.69, 9.17) is 20.3 Å². The molecule has 1 unspecified atom stereocenters. The average molecular weight is 437 g/mol. The first kappa shape index (κ1) is 23.6. The van der Waals surface area contributed by atoms with Crippen LogP contribution in [-0.4, -0.2) is 29.0 Å². The van der Waals surface area contributed by atoms with Crippen molar-refractivity contribution in [2.45, 2.75) is 44.6 Å². The normalized spacial score (nSPS) is 13.4. The third kappa shape index (κ3) is 9.60. The number of methoxy groups -OCH3 is 1. The lowest BCUT2D eigenvalue weighted by Crippen LogP contribution is -2.41. The molecule has 1 aromatic carbocycles. The van der Waals surface area contributed by atoms with Crippen molar-refractivity contribution in [2.75, 3.05) is 13.7 Å². The van der Waals surface area contributed by atoms with Gasteiger partial charge in [-0.15, -0.1) is 11.3 Å². The van der Waals surface area contributed by atoms with Gasteiger partial charge in [0.05, 0.1) is 18.6 Å². The third-order valence-electron chi connectivity index (χ3n) is 4.28. The number of unbranched alkanes of at least 4 members (excludes halogenated alkanes) is 1. The molecule has 4 N–H and O–H groups in total. The SMILES string of the molecule is COc1cccc(CCCC#Cc2ccc(CCC(C)(N)COP(=O)(O)O)s2)c1. The van der Waals surface area contributed by atoms with E-state index in [0.29, 0.717) is 12.8 Å². The molecule has 0 aliphatic rings. The van der Waals surface area contributed by atoms with Crippen LogP contribution in [0.3, 0.4) is 0 Å². The van der Waals surface area contributed by atoms with Crippen molar-refractivity contribution in [2.24, 2.45) is 5.73 Å². The van der Waals surface area contributed by atoms with E-state index in [-0.39, 0.29) is 6.61 Å². The van der Waals surface area contributed by atoms with E-state index in [1.54, 1.807) is 25.4 Å². The fourth-order valence-electron chi connectivity index (χ4n) is 2.65. The van der Waals surface area contributed by atoms with Gasteiger partial charge in [0, 0.05) is 16.8 Å². The van der Waals surface area contributed by atoms with E-state index >= 15 is 0 Å². The second-order valence-corrected chi connectivity index (χ2v) is 9.60. The van der Waals surface area contributed by atoms with Crippen LogP contribution in [0.15, 0.2) is 36.4 Å². The molecule has 0 bridgehead atoms. The maximum atomic E-state index is 10.8. The van der Waals surface area contributed by atoms with Crippen molar-refractivity contribution in [1.29, 1.82) is 0 Å². The number of thiophene rings is 1. The summed E-state index contributed by atoms with van der Waals surface area (Å²) in [6, 6.07) is 12.1. The molecule has 0 aliphatic heterocycles. The van der Waals surface area contributed by atoms with Crippen LogP contribution in [0.5, 0.6) is 5.75 Å². The number of hydrogen-bond acceptors (Lipinski definition) is 5. The Balaban J connectivity index is 1.75. The van der Waals surface area contributed by atoms with Crippen LogP contribution in [0.1, 0.15) is 41.5 Å². The summed E-state index contributed by atoms with van der Waals surface area (Å²) in [5, 5.41) is 0. The molecule has 158 valence electrons. The summed E-state index contributed by atoms with van der Waals surface area (Å²) in [6.07, 6.45) is 4.04. The Morgan fingerprint density at radius 1 is 1.24 bits per heavy atom. The number of rotatable bonds is 10. The highest BCUT2D eigenvalue weighted by Crippen LogP contribution is 2.37. The van der Waals surface area contributed by atoms with Crippen molar-refractivity contribution in [3.63, 3.8) is 0 Å². The smallest absolute Gasteiger partial charge is 0.469 e. The van der Waals surface area contributed by atoms with Gasteiger partial charge in [0.15, 0.2) is 0 Å². The summed E-state index contributed by atoms with van der Waals surface area (Å²) in [5.74, 6) is 7.30. The van der Waals surface area contributed by atoms with Gasteiger partial charge in [-0.2, -0.15) is 0 Å². The predicted octanol–water partition coefficient (Wildman–Crippen LogP) is 3.89. The molecular weight excluding hydrogens is 409 g/mol. The minimum absolute atomic E-state index is 0.192. The van der Waals surface area contributed by atoms with Crippen LogP contribution in [0.25, 0.3) is 0 Å². The molecule has 1 atom stereocenters. The Hall–Kier alpha value is -1.65. The molecular formula is C21H28NO5PS. The van der Waals surface area contributed by atoms with E-state index in [0.717, 1.165) is 34.8 Å². The first-order valence-corrected chi connectivity index (χ1v) is 11.7. The van der Waals surface area contributed by atoms with Crippen molar-refractivity contribution >= 4 is 19.2 Å². The lowest BCUT2D eigenvalue weighted by atomic mass is 9.98. The predicted molar refractivity (Wildman–Crippen MR) is 116 cm³/mol. The van der Waals surface area contributed by atoms with Crippen LogP contribution in [-0.2, 0) is 21.9 Å². The molecule has 0 fully saturated rings. The van der Waals surface area contributed by atoms with Gasteiger partial charge in [0.2, 0.25) is 0 Å². The van der Waals surface area contributed by atoms with Crippen LogP contribution < -0.4 is 10.5 Å². The fraction of sp³-hybridized carbons (Fsp3) is 0.429. The molecule has 2 rings (SSSR count). The van der Waals surface area contributed by atoms with E-state index in [2.05, 4.69) is 28.5 Å². The summed E-state index contributed by atoms with van der Waals surface area (Å²) >= 11 is 1.62. The second-order valence-electron chi connectivity index (χ2n) is 7.19. The number of phosphoric acid groups is 1. The highest BCUT2D eigenvalue weighted by atomic mass is 32.1. The fourth-order valence-corrected chi connectivity index (χ4v) is 4.00. The largest absolute Gasteiger partial charge is 0.497 e. The van der Waals surface area contributed by atoms with E-state index in [9.17, 15) is 4.57 Å². The van der Waals surface area contributed by atoms with Gasteiger partial charge in [-0.05, 0) is 62.4 Å². The Kier molecular flexibility index (Phi) is 8.91. The molecule has 1 heterocycles. The summed E-state index contributed by atoms with van der Waals surface area (Å²) < 4.78 is 20.6. The van der Waals surface area contributed by atoms with Crippen LogP contribution in [0.2, 0.25) is 0 Å². The Morgan fingerprint density at radius 2 is 2.03 bits per heavy atom. The summed E-state index contributed by atoms with van der Waals surface area (Å²) in [6.45, 7) is 1.53. The van der Waals surface area contributed by atoms with Crippen molar-refractivity contribution < 1.29 is 23.6 Å². The van der Waals surface area contributed by atoms with E-state index in [1.807, 2.05) is 24.3 Å². The van der Waals surface area contributed by atoms with Crippen LogP contribution >= 0.6 is 19.2 Å². The van der Waals surface area contributed by atoms with Gasteiger partial charge >= 0.3 is 7.82 Å². The minimum atomic E-state index is -4.50. The standard InChI is InChI=1S/C21H28NO5PS/c1-21(22,16-27-28(23,24)25)14-13-20-12-11-19(29-20)10-5-3-4-7-17-8-6-9-18(15-17)26-2/h6,8-9,11-12,15H,3-4,7,13-14,16,22H2,1-2H3,(H2,23,24,25). The molecule has 0 saturated heterocycles. The molecule has 2 aromatic rings. The number of nitrogens with two attached hydrogens (primary N) is 1. The van der Waals surface area contributed by atoms with Gasteiger partial charge in [-0.3, -0.25) is 4.52 Å². The van der Waals surface area contributed by atoms with Gasteiger partial charge in [0.1, 0.15) is 5.75 Å². The molecule has 8 heteroatoms. The van der Waals surface area contributed by atoms with Crippen molar-refractivity contribution in [3.8, 4) is 17.6 Å². The zero-order valence-corrected chi connectivity index (χ0v) is 18.5. The zero-order chi connectivity index (χ0) is 21.3. The lowest BCUT2D eigenvalue weighted by molar-refractivity contribution is 0.154. The number of phosphoric ester groups is 1. The van der Waals surface area contributed by atoms with E-state index < -0.39 is 13.4 Å². The van der Waals surface area contributed by atoms with Crippen LogP contribution in [0, 0.1) is 11.8 Å². The summed E-state index contributed by atoms with van der Waals surface area (Å²) in [4.78, 5) is 19.7. The lowest BCUT2D eigenvalue weighted by Gasteiger charge is -2.24.